The van der Waals surface area contributed by atoms with Gasteiger partial charge in [0, 0.05) is 17.8 Å². The van der Waals surface area contributed by atoms with Gasteiger partial charge in [0.1, 0.15) is 0 Å². The second-order valence-electron chi connectivity index (χ2n) is 6.02. The van der Waals surface area contributed by atoms with Crippen LogP contribution in [0, 0.1) is 0 Å². The molecule has 23 heavy (non-hydrogen) atoms. The van der Waals surface area contributed by atoms with Gasteiger partial charge in [-0.3, -0.25) is 0 Å². The molecule has 0 saturated heterocycles. The third-order valence-corrected chi connectivity index (χ3v) is 4.13. The Labute approximate surface area is 136 Å². The number of rotatable bonds is 4. The molecule has 0 aliphatic rings. The van der Waals surface area contributed by atoms with Gasteiger partial charge in [-0.25, -0.2) is 4.68 Å². The van der Waals surface area contributed by atoms with E-state index in [4.69, 9.17) is 0 Å². The molecule has 0 fully saturated rings. The zero-order chi connectivity index (χ0) is 16.3. The van der Waals surface area contributed by atoms with Crippen LogP contribution >= 0.6 is 0 Å². The van der Waals surface area contributed by atoms with E-state index in [1.807, 2.05) is 54.9 Å². The van der Waals surface area contributed by atoms with Crippen LogP contribution in [-0.4, -0.2) is 10.9 Å². The third-order valence-electron chi connectivity index (χ3n) is 4.13. The SMILES string of the molecule is CC(C)(c1ccccc1)c1cccc(/C=N/n2cccc2)c1[O-]. The van der Waals surface area contributed by atoms with Gasteiger partial charge in [0.2, 0.25) is 0 Å². The fourth-order valence-corrected chi connectivity index (χ4v) is 2.69. The quantitative estimate of drug-likeness (QED) is 0.676. The van der Waals surface area contributed by atoms with E-state index >= 15 is 0 Å². The topological polar surface area (TPSA) is 40.3 Å². The van der Waals surface area contributed by atoms with Gasteiger partial charge >= 0.3 is 0 Å². The van der Waals surface area contributed by atoms with E-state index < -0.39 is 0 Å². The minimum Gasteiger partial charge on any atom is -0.872 e. The van der Waals surface area contributed by atoms with Gasteiger partial charge in [0.05, 0.1) is 6.21 Å². The minimum absolute atomic E-state index is 0.0252. The van der Waals surface area contributed by atoms with Crippen LogP contribution in [-0.2, 0) is 5.41 Å². The Morgan fingerprint density at radius 1 is 0.913 bits per heavy atom. The Morgan fingerprint density at radius 3 is 2.30 bits per heavy atom. The highest BCUT2D eigenvalue weighted by Gasteiger charge is 2.23. The molecule has 0 unspecified atom stereocenters. The summed E-state index contributed by atoms with van der Waals surface area (Å²) >= 11 is 0. The average molecular weight is 303 g/mol. The van der Waals surface area contributed by atoms with Crippen molar-refractivity contribution in [3.63, 3.8) is 0 Å². The Balaban J connectivity index is 2.00. The maximum Gasteiger partial charge on any atom is 0.0544 e. The fourth-order valence-electron chi connectivity index (χ4n) is 2.69. The number of hydrogen-bond donors (Lipinski definition) is 0. The summed E-state index contributed by atoms with van der Waals surface area (Å²) in [6.07, 6.45) is 5.28. The van der Waals surface area contributed by atoms with Crippen molar-refractivity contribution < 1.29 is 5.11 Å². The smallest absolute Gasteiger partial charge is 0.0544 e. The van der Waals surface area contributed by atoms with Crippen molar-refractivity contribution in [3.05, 3.63) is 89.7 Å². The Hall–Kier alpha value is -2.81. The third kappa shape index (κ3) is 3.04. The van der Waals surface area contributed by atoms with Crippen molar-refractivity contribution in [1.29, 1.82) is 0 Å². The standard InChI is InChI=1S/C20H20N2O/c1-20(2,17-10-4-3-5-11-17)18-12-8-9-16(19(18)23)15-21-22-13-6-7-14-22/h3-15,23H,1-2H3/p-1/b21-15+. The van der Waals surface area contributed by atoms with Gasteiger partial charge in [-0.05, 0) is 28.8 Å². The molecule has 0 radical (unpaired) electrons. The summed E-state index contributed by atoms with van der Waals surface area (Å²) in [7, 11) is 0. The van der Waals surface area contributed by atoms with Gasteiger partial charge in [-0.2, -0.15) is 5.10 Å². The Bertz CT molecular complexity index is 803. The van der Waals surface area contributed by atoms with Crippen molar-refractivity contribution in [2.45, 2.75) is 19.3 Å². The normalized spacial score (nSPS) is 11.9. The predicted molar refractivity (Wildman–Crippen MR) is 91.9 cm³/mol. The highest BCUT2D eigenvalue weighted by atomic mass is 16.3. The molecule has 0 N–H and O–H groups in total. The lowest BCUT2D eigenvalue weighted by molar-refractivity contribution is -0.270. The summed E-state index contributed by atoms with van der Waals surface area (Å²) in [6, 6.07) is 19.5. The van der Waals surface area contributed by atoms with Crippen LogP contribution in [0.4, 0.5) is 0 Å². The van der Waals surface area contributed by atoms with Gasteiger partial charge in [-0.15, -0.1) is 0 Å². The highest BCUT2D eigenvalue weighted by Crippen LogP contribution is 2.36. The molecule has 0 atom stereocenters. The highest BCUT2D eigenvalue weighted by molar-refractivity contribution is 5.84. The van der Waals surface area contributed by atoms with Gasteiger partial charge in [0.25, 0.3) is 0 Å². The van der Waals surface area contributed by atoms with E-state index in [1.165, 1.54) is 0 Å². The Morgan fingerprint density at radius 2 is 1.61 bits per heavy atom. The largest absolute Gasteiger partial charge is 0.872 e. The number of para-hydroxylation sites is 1. The first kappa shape index (κ1) is 15.1. The van der Waals surface area contributed by atoms with Crippen LogP contribution < -0.4 is 5.11 Å². The maximum absolute atomic E-state index is 12.8. The molecule has 2 aromatic carbocycles. The number of benzene rings is 2. The van der Waals surface area contributed by atoms with E-state index in [2.05, 4.69) is 31.1 Å². The van der Waals surface area contributed by atoms with Crippen molar-refractivity contribution in [2.75, 3.05) is 0 Å². The predicted octanol–water partition coefficient (Wildman–Crippen LogP) is 3.77. The van der Waals surface area contributed by atoms with Crippen LogP contribution in [0.1, 0.15) is 30.5 Å². The van der Waals surface area contributed by atoms with Crippen LogP contribution in [0.25, 0.3) is 0 Å². The van der Waals surface area contributed by atoms with E-state index in [9.17, 15) is 5.11 Å². The monoisotopic (exact) mass is 303 g/mol. The first-order valence-electron chi connectivity index (χ1n) is 7.62. The van der Waals surface area contributed by atoms with E-state index in [0.29, 0.717) is 5.56 Å². The molecule has 3 rings (SSSR count). The molecule has 1 aromatic heterocycles. The Kier molecular flexibility index (Phi) is 4.02. The fraction of sp³-hybridized carbons (Fsp3) is 0.150. The zero-order valence-corrected chi connectivity index (χ0v) is 13.3. The van der Waals surface area contributed by atoms with E-state index in [1.54, 1.807) is 17.0 Å². The molecule has 1 heterocycles. The van der Waals surface area contributed by atoms with Crippen molar-refractivity contribution in [2.24, 2.45) is 5.10 Å². The molecule has 0 bridgehead atoms. The summed E-state index contributed by atoms with van der Waals surface area (Å²) < 4.78 is 1.68. The number of nitrogens with zero attached hydrogens (tertiary/aromatic N) is 2. The second kappa shape index (κ2) is 6.13. The number of aromatic nitrogens is 1. The van der Waals surface area contributed by atoms with Gasteiger partial charge in [0.15, 0.2) is 0 Å². The molecule has 0 saturated carbocycles. The lowest BCUT2D eigenvalue weighted by Crippen LogP contribution is -2.21. The summed E-state index contributed by atoms with van der Waals surface area (Å²) in [6.45, 7) is 4.15. The maximum atomic E-state index is 12.8. The molecule has 0 aliphatic heterocycles. The zero-order valence-electron chi connectivity index (χ0n) is 13.3. The molecule has 3 nitrogen and oxygen atoms in total. The van der Waals surface area contributed by atoms with Crippen molar-refractivity contribution in [1.82, 2.24) is 4.68 Å². The van der Waals surface area contributed by atoms with Crippen molar-refractivity contribution in [3.8, 4) is 5.75 Å². The minimum atomic E-state index is -0.352. The van der Waals surface area contributed by atoms with E-state index in [-0.39, 0.29) is 11.2 Å². The van der Waals surface area contributed by atoms with Gasteiger partial charge in [-0.1, -0.05) is 68.1 Å². The molecule has 0 spiro atoms. The molecule has 116 valence electrons. The average Bonchev–Trinajstić information content (AvgIpc) is 3.08. The molecular weight excluding hydrogens is 284 g/mol. The summed E-state index contributed by atoms with van der Waals surface area (Å²) in [5.41, 5.74) is 2.15. The first-order chi connectivity index (χ1) is 11.1. The second-order valence-corrected chi connectivity index (χ2v) is 6.02. The van der Waals surface area contributed by atoms with Crippen molar-refractivity contribution >= 4 is 6.21 Å². The summed E-state index contributed by atoms with van der Waals surface area (Å²) in [4.78, 5) is 0. The molecule has 0 aliphatic carbocycles. The van der Waals surface area contributed by atoms with Crippen LogP contribution in [0.5, 0.6) is 5.75 Å². The van der Waals surface area contributed by atoms with Crippen LogP contribution in [0.15, 0.2) is 78.2 Å². The molecule has 3 heteroatoms. The van der Waals surface area contributed by atoms with Crippen LogP contribution in [0.2, 0.25) is 0 Å². The van der Waals surface area contributed by atoms with E-state index in [0.717, 1.165) is 11.1 Å². The molecule has 0 amide bonds. The molecular formula is C20H19N2O-. The summed E-state index contributed by atoms with van der Waals surface area (Å²) in [5, 5.41) is 17.1. The lowest BCUT2D eigenvalue weighted by atomic mass is 9.77. The first-order valence-corrected chi connectivity index (χ1v) is 7.62. The van der Waals surface area contributed by atoms with Gasteiger partial charge < -0.3 is 5.11 Å². The van der Waals surface area contributed by atoms with Crippen LogP contribution in [0.3, 0.4) is 0 Å². The number of hydrogen-bond acceptors (Lipinski definition) is 2. The lowest BCUT2D eigenvalue weighted by Gasteiger charge is -2.31. The summed E-state index contributed by atoms with van der Waals surface area (Å²) in [5.74, 6) is 0.0252. The molecule has 3 aromatic rings.